The minimum Gasteiger partial charge on any atom is -0.312 e. The van der Waals surface area contributed by atoms with Crippen molar-refractivity contribution in [3.8, 4) is 27.9 Å². The highest BCUT2D eigenvalue weighted by molar-refractivity contribution is 6.02. The number of rotatable bonds is 7. The first-order valence-electron chi connectivity index (χ1n) is 21.6. The Morgan fingerprint density at radius 3 is 1.85 bits per heavy atom. The third kappa shape index (κ3) is 5.84. The van der Waals surface area contributed by atoms with Gasteiger partial charge < -0.3 is 9.47 Å². The number of hydrogen-bond acceptors (Lipinski definition) is 1. The second-order valence-corrected chi connectivity index (χ2v) is 17.3. The lowest BCUT2D eigenvalue weighted by Gasteiger charge is -2.29. The molecule has 2 fully saturated rings. The molecule has 2 saturated carbocycles. The summed E-state index contributed by atoms with van der Waals surface area (Å²) in [6, 6.07) is 72.5. The van der Waals surface area contributed by atoms with Gasteiger partial charge in [-0.1, -0.05) is 140 Å². The van der Waals surface area contributed by atoms with Crippen molar-refractivity contribution in [1.29, 1.82) is 0 Å². The second-order valence-electron chi connectivity index (χ2n) is 17.3. The molecule has 3 aliphatic rings. The van der Waals surface area contributed by atoms with Gasteiger partial charge in [0.25, 0.3) is 0 Å². The molecule has 284 valence electrons. The fraction of sp³-hybridized carbons (Fsp3) is 0.158. The second kappa shape index (κ2) is 14.0. The third-order valence-corrected chi connectivity index (χ3v) is 14.1. The lowest BCUT2D eigenvalue weighted by molar-refractivity contribution is 0.219. The Morgan fingerprint density at radius 1 is 0.475 bits per heavy atom. The maximum atomic E-state index is 2.56. The Kier molecular flexibility index (Phi) is 8.18. The molecule has 0 saturated heterocycles. The quantitative estimate of drug-likeness (QED) is 0.157. The molecule has 3 atom stereocenters. The van der Waals surface area contributed by atoms with E-state index < -0.39 is 0 Å². The van der Waals surface area contributed by atoms with Crippen LogP contribution in [-0.4, -0.2) is 4.57 Å². The van der Waals surface area contributed by atoms with Crippen LogP contribution >= 0.6 is 0 Å². The molecule has 0 bridgehead atoms. The lowest BCUT2D eigenvalue weighted by Crippen LogP contribution is -2.18. The Balaban J connectivity index is 0.964. The van der Waals surface area contributed by atoms with Crippen LogP contribution in [0.4, 0.5) is 17.1 Å². The minimum atomic E-state index is 0.239. The minimum absolute atomic E-state index is 0.239. The number of para-hydroxylation sites is 1. The first-order valence-corrected chi connectivity index (χ1v) is 21.6. The topological polar surface area (TPSA) is 8.17 Å². The van der Waals surface area contributed by atoms with Crippen molar-refractivity contribution in [2.24, 2.45) is 11.8 Å². The number of hydrogen-bond donors (Lipinski definition) is 0. The predicted molar refractivity (Wildman–Crippen MR) is 247 cm³/mol. The fourth-order valence-electron chi connectivity index (χ4n) is 11.0. The van der Waals surface area contributed by atoms with Crippen LogP contribution in [0.15, 0.2) is 194 Å². The van der Waals surface area contributed by atoms with Gasteiger partial charge in [0.2, 0.25) is 0 Å². The molecule has 0 amide bonds. The van der Waals surface area contributed by atoms with E-state index in [4.69, 9.17) is 0 Å². The maximum Gasteiger partial charge on any atom is 0.0538 e. The molecular weight excluding hydrogens is 713 g/mol. The summed E-state index contributed by atoms with van der Waals surface area (Å²) in [7, 11) is 0. The molecule has 0 N–H and O–H groups in total. The van der Waals surface area contributed by atoms with E-state index in [1.807, 2.05) is 0 Å². The predicted octanol–water partition coefficient (Wildman–Crippen LogP) is 15.2. The van der Waals surface area contributed by atoms with Gasteiger partial charge in [0.05, 0.1) is 5.52 Å². The Hall–Kier alpha value is -6.64. The van der Waals surface area contributed by atoms with E-state index in [0.717, 1.165) is 29.6 Å². The summed E-state index contributed by atoms with van der Waals surface area (Å²) in [6.07, 6.45) is 6.57. The van der Waals surface area contributed by atoms with E-state index in [9.17, 15) is 0 Å². The normalized spacial score (nSPS) is 19.2. The molecule has 0 spiro atoms. The zero-order chi connectivity index (χ0) is 38.9. The lowest BCUT2D eigenvalue weighted by atomic mass is 9.77. The van der Waals surface area contributed by atoms with E-state index in [0.29, 0.717) is 5.92 Å². The van der Waals surface area contributed by atoms with Gasteiger partial charge in [-0.15, -0.1) is 0 Å². The average Bonchev–Trinajstić information content (AvgIpc) is 3.80. The number of anilines is 3. The SMILES string of the molecule is c1ccc(-c2ccc(N(c3ccc(C4CC5CCC5C4)cc3)c3ccc4cc(-n5c6c(c7ccccc75)-c5ccccc5CC6c5ccccc5)ccc4c3)cc2)cc1. The summed E-state index contributed by atoms with van der Waals surface area (Å²) in [5, 5.41) is 3.77. The van der Waals surface area contributed by atoms with E-state index in [2.05, 4.69) is 204 Å². The van der Waals surface area contributed by atoms with Crippen molar-refractivity contribution in [3.63, 3.8) is 0 Å². The average molecular weight is 759 g/mol. The van der Waals surface area contributed by atoms with Crippen LogP contribution in [0, 0.1) is 11.8 Å². The van der Waals surface area contributed by atoms with Crippen LogP contribution in [0.3, 0.4) is 0 Å². The van der Waals surface area contributed by atoms with Gasteiger partial charge >= 0.3 is 0 Å². The first kappa shape index (κ1) is 34.4. The van der Waals surface area contributed by atoms with Gasteiger partial charge in [0.15, 0.2) is 0 Å². The van der Waals surface area contributed by atoms with Crippen molar-refractivity contribution in [2.45, 2.75) is 43.9 Å². The molecule has 1 heterocycles. The Labute approximate surface area is 347 Å². The van der Waals surface area contributed by atoms with Crippen molar-refractivity contribution < 1.29 is 0 Å². The Bertz CT molecular complexity index is 2970. The smallest absolute Gasteiger partial charge is 0.0538 e. The molecule has 59 heavy (non-hydrogen) atoms. The van der Waals surface area contributed by atoms with Crippen LogP contribution in [0.5, 0.6) is 0 Å². The molecule has 2 nitrogen and oxygen atoms in total. The third-order valence-electron chi connectivity index (χ3n) is 14.1. The summed E-state index contributed by atoms with van der Waals surface area (Å²) in [5.74, 6) is 2.86. The molecule has 12 rings (SSSR count). The summed E-state index contributed by atoms with van der Waals surface area (Å²) in [6.45, 7) is 0. The van der Waals surface area contributed by atoms with Crippen molar-refractivity contribution in [2.75, 3.05) is 4.90 Å². The molecule has 8 aromatic carbocycles. The number of benzene rings is 8. The largest absolute Gasteiger partial charge is 0.312 e. The number of aromatic nitrogens is 1. The van der Waals surface area contributed by atoms with Crippen LogP contribution in [0.25, 0.3) is 49.6 Å². The highest BCUT2D eigenvalue weighted by atomic mass is 15.1. The van der Waals surface area contributed by atoms with Gasteiger partial charge in [-0.05, 0) is 149 Å². The number of nitrogens with zero attached hydrogens (tertiary/aromatic N) is 2. The van der Waals surface area contributed by atoms with Gasteiger partial charge in [-0.3, -0.25) is 0 Å². The standard InChI is InChI=1S/C57H46N2/c1-3-11-38(12-4-1)39-21-27-48(28-22-39)58(49-29-23-40(24-30-49)47-33-42-19-20-43(42)34-47)50-31-25-45-36-51(32-26-44(45)35-50)59-55-18-10-9-17-53(55)56-52-16-8-7-15-46(52)37-54(57(56)59)41-13-5-2-6-14-41/h1-18,21-32,35-36,42-43,47,54H,19-20,33-34,37H2. The summed E-state index contributed by atoms with van der Waals surface area (Å²) in [5.41, 5.74) is 16.8. The highest BCUT2D eigenvalue weighted by Gasteiger charge is 2.40. The van der Waals surface area contributed by atoms with Gasteiger partial charge in [-0.2, -0.15) is 0 Å². The van der Waals surface area contributed by atoms with Crippen LogP contribution < -0.4 is 4.90 Å². The van der Waals surface area contributed by atoms with Crippen LogP contribution in [0.2, 0.25) is 0 Å². The Morgan fingerprint density at radius 2 is 1.08 bits per heavy atom. The van der Waals surface area contributed by atoms with E-state index in [1.54, 1.807) is 0 Å². The van der Waals surface area contributed by atoms with E-state index in [-0.39, 0.29) is 5.92 Å². The molecule has 9 aromatic rings. The van der Waals surface area contributed by atoms with Gasteiger partial charge in [-0.25, -0.2) is 0 Å². The van der Waals surface area contributed by atoms with Crippen molar-refractivity contribution in [1.82, 2.24) is 4.57 Å². The molecule has 1 aromatic heterocycles. The molecule has 0 radical (unpaired) electrons. The molecular formula is C57H46N2. The summed E-state index contributed by atoms with van der Waals surface area (Å²) >= 11 is 0. The zero-order valence-electron chi connectivity index (χ0n) is 33.2. The molecule has 0 aliphatic heterocycles. The van der Waals surface area contributed by atoms with E-state index >= 15 is 0 Å². The van der Waals surface area contributed by atoms with E-state index in [1.165, 1.54) is 103 Å². The van der Waals surface area contributed by atoms with Gasteiger partial charge in [0.1, 0.15) is 0 Å². The molecule has 3 aliphatic carbocycles. The summed E-state index contributed by atoms with van der Waals surface area (Å²) in [4.78, 5) is 2.43. The zero-order valence-corrected chi connectivity index (χ0v) is 33.2. The highest BCUT2D eigenvalue weighted by Crippen LogP contribution is 2.53. The van der Waals surface area contributed by atoms with Crippen molar-refractivity contribution >= 4 is 38.7 Å². The maximum absolute atomic E-state index is 2.56. The van der Waals surface area contributed by atoms with Crippen LogP contribution in [0.1, 0.15) is 59.9 Å². The van der Waals surface area contributed by atoms with Crippen molar-refractivity contribution in [3.05, 3.63) is 217 Å². The fourth-order valence-corrected chi connectivity index (χ4v) is 11.0. The molecule has 3 unspecified atom stereocenters. The monoisotopic (exact) mass is 758 g/mol. The summed E-state index contributed by atoms with van der Waals surface area (Å²) < 4.78 is 2.56. The van der Waals surface area contributed by atoms with Gasteiger partial charge in [0, 0.05) is 45.3 Å². The molecule has 2 heteroatoms. The van der Waals surface area contributed by atoms with Crippen LogP contribution in [-0.2, 0) is 6.42 Å². The number of fused-ring (bicyclic) bond motifs is 7. The first-order chi connectivity index (χ1) is 29.2.